The van der Waals surface area contributed by atoms with Crippen LogP contribution in [-0.2, 0) is 9.47 Å². The Morgan fingerprint density at radius 3 is 2.33 bits per heavy atom. The van der Waals surface area contributed by atoms with Gasteiger partial charge in [-0.05, 0) is 6.42 Å². The normalized spacial score (nSPS) is 41.8. The Labute approximate surface area is 89.6 Å². The van der Waals surface area contributed by atoms with Crippen LogP contribution in [0.4, 0.5) is 0 Å². The molecule has 15 heavy (non-hydrogen) atoms. The number of unbranched alkanes of at least 4 members (excludes halogenated alkanes) is 1. The van der Waals surface area contributed by atoms with E-state index in [-0.39, 0.29) is 0 Å². The molecule has 1 heterocycles. The predicted molar refractivity (Wildman–Crippen MR) is 53.2 cm³/mol. The molecule has 0 bridgehead atoms. The average molecular weight is 220 g/mol. The summed E-state index contributed by atoms with van der Waals surface area (Å²) in [6.45, 7) is 2.04. The number of hydrogen-bond donors (Lipinski definition) is 3. The molecule has 0 amide bonds. The van der Waals surface area contributed by atoms with E-state index in [1.54, 1.807) is 0 Å². The highest BCUT2D eigenvalue weighted by atomic mass is 16.7. The van der Waals surface area contributed by atoms with Crippen molar-refractivity contribution in [1.29, 1.82) is 0 Å². The van der Waals surface area contributed by atoms with Crippen LogP contribution in [0.5, 0.6) is 0 Å². The lowest BCUT2D eigenvalue weighted by molar-refractivity contribution is -0.290. The molecular weight excluding hydrogens is 200 g/mol. The molecule has 0 aromatic carbocycles. The Morgan fingerprint density at radius 2 is 1.80 bits per heavy atom. The maximum absolute atomic E-state index is 9.66. The molecule has 1 aliphatic heterocycles. The first-order valence-corrected chi connectivity index (χ1v) is 5.34. The molecule has 5 atom stereocenters. The topological polar surface area (TPSA) is 79.2 Å². The van der Waals surface area contributed by atoms with Gasteiger partial charge in [-0.25, -0.2) is 0 Å². The molecule has 5 heteroatoms. The van der Waals surface area contributed by atoms with Gasteiger partial charge < -0.3 is 24.8 Å². The van der Waals surface area contributed by atoms with Crippen LogP contribution in [0.15, 0.2) is 0 Å². The Morgan fingerprint density at radius 1 is 1.13 bits per heavy atom. The Hall–Kier alpha value is -0.200. The molecule has 1 fully saturated rings. The third-order valence-corrected chi connectivity index (χ3v) is 2.74. The number of methoxy groups -OCH3 is 1. The van der Waals surface area contributed by atoms with E-state index in [1.165, 1.54) is 7.11 Å². The second-order valence-corrected chi connectivity index (χ2v) is 3.89. The van der Waals surface area contributed by atoms with Gasteiger partial charge in [0.25, 0.3) is 0 Å². The van der Waals surface area contributed by atoms with Crippen molar-refractivity contribution in [3.8, 4) is 0 Å². The molecule has 0 radical (unpaired) electrons. The van der Waals surface area contributed by atoms with E-state index < -0.39 is 30.7 Å². The third-order valence-electron chi connectivity index (χ3n) is 2.74. The molecule has 1 aliphatic rings. The van der Waals surface area contributed by atoms with Gasteiger partial charge in [0, 0.05) is 7.11 Å². The van der Waals surface area contributed by atoms with Crippen molar-refractivity contribution in [2.45, 2.75) is 56.9 Å². The highest BCUT2D eigenvalue weighted by Gasteiger charge is 2.43. The smallest absolute Gasteiger partial charge is 0.186 e. The van der Waals surface area contributed by atoms with Crippen LogP contribution < -0.4 is 0 Å². The zero-order valence-electron chi connectivity index (χ0n) is 9.17. The van der Waals surface area contributed by atoms with E-state index in [0.717, 1.165) is 12.8 Å². The first-order chi connectivity index (χ1) is 7.11. The second-order valence-electron chi connectivity index (χ2n) is 3.89. The lowest BCUT2D eigenvalue weighted by Gasteiger charge is -2.39. The van der Waals surface area contributed by atoms with Crippen molar-refractivity contribution in [3.63, 3.8) is 0 Å². The van der Waals surface area contributed by atoms with E-state index in [2.05, 4.69) is 0 Å². The zero-order chi connectivity index (χ0) is 11.4. The van der Waals surface area contributed by atoms with Crippen LogP contribution in [0, 0.1) is 0 Å². The van der Waals surface area contributed by atoms with Crippen molar-refractivity contribution in [3.05, 3.63) is 0 Å². The number of hydrogen-bond acceptors (Lipinski definition) is 5. The summed E-state index contributed by atoms with van der Waals surface area (Å²) in [5, 5.41) is 28.7. The molecule has 0 spiro atoms. The fourth-order valence-corrected chi connectivity index (χ4v) is 1.76. The van der Waals surface area contributed by atoms with Gasteiger partial charge in [0.2, 0.25) is 0 Å². The van der Waals surface area contributed by atoms with E-state index in [9.17, 15) is 15.3 Å². The van der Waals surface area contributed by atoms with Crippen LogP contribution in [0.1, 0.15) is 26.2 Å². The van der Waals surface area contributed by atoms with Crippen LogP contribution >= 0.6 is 0 Å². The van der Waals surface area contributed by atoms with Crippen molar-refractivity contribution < 1.29 is 24.8 Å². The van der Waals surface area contributed by atoms with Crippen LogP contribution in [0.2, 0.25) is 0 Å². The molecule has 5 unspecified atom stereocenters. The van der Waals surface area contributed by atoms with E-state index >= 15 is 0 Å². The van der Waals surface area contributed by atoms with Crippen molar-refractivity contribution in [2.75, 3.05) is 7.11 Å². The first-order valence-electron chi connectivity index (χ1n) is 5.34. The predicted octanol–water partition coefficient (Wildman–Crippen LogP) is -0.369. The van der Waals surface area contributed by atoms with Gasteiger partial charge in [-0.2, -0.15) is 0 Å². The van der Waals surface area contributed by atoms with Crippen molar-refractivity contribution in [2.24, 2.45) is 0 Å². The minimum Gasteiger partial charge on any atom is -0.388 e. The molecule has 90 valence electrons. The van der Waals surface area contributed by atoms with Gasteiger partial charge in [0.15, 0.2) is 6.29 Å². The van der Waals surface area contributed by atoms with Gasteiger partial charge >= 0.3 is 0 Å². The highest BCUT2D eigenvalue weighted by molar-refractivity contribution is 4.88. The summed E-state index contributed by atoms with van der Waals surface area (Å²) in [5.41, 5.74) is 0. The number of ether oxygens (including phenoxy) is 2. The molecular formula is C10H20O5. The maximum Gasteiger partial charge on any atom is 0.186 e. The van der Waals surface area contributed by atoms with Crippen LogP contribution in [0.3, 0.4) is 0 Å². The first kappa shape index (κ1) is 12.9. The summed E-state index contributed by atoms with van der Waals surface area (Å²) in [7, 11) is 1.40. The maximum atomic E-state index is 9.66. The van der Waals surface area contributed by atoms with E-state index in [0.29, 0.717) is 6.42 Å². The Balaban J connectivity index is 2.57. The van der Waals surface area contributed by atoms with Gasteiger partial charge in [0.1, 0.15) is 18.3 Å². The quantitative estimate of drug-likeness (QED) is 0.602. The fraction of sp³-hybridized carbons (Fsp3) is 1.00. The average Bonchev–Trinajstić information content (AvgIpc) is 2.25. The lowest BCUT2D eigenvalue weighted by Crippen LogP contribution is -2.57. The lowest BCUT2D eigenvalue weighted by atomic mass is 9.95. The summed E-state index contributed by atoms with van der Waals surface area (Å²) < 4.78 is 10.2. The minimum absolute atomic E-state index is 0.465. The van der Waals surface area contributed by atoms with Gasteiger partial charge in [-0.15, -0.1) is 0 Å². The third kappa shape index (κ3) is 2.89. The monoisotopic (exact) mass is 220 g/mol. The van der Waals surface area contributed by atoms with E-state index in [4.69, 9.17) is 9.47 Å². The summed E-state index contributed by atoms with van der Waals surface area (Å²) in [4.78, 5) is 0. The summed E-state index contributed by atoms with van der Waals surface area (Å²) in [6.07, 6.45) is -2.21. The van der Waals surface area contributed by atoms with Crippen molar-refractivity contribution >= 4 is 0 Å². The van der Waals surface area contributed by atoms with Gasteiger partial charge in [0.05, 0.1) is 6.10 Å². The molecule has 0 aliphatic carbocycles. The van der Waals surface area contributed by atoms with Crippen LogP contribution in [-0.4, -0.2) is 53.1 Å². The van der Waals surface area contributed by atoms with Crippen LogP contribution in [0.25, 0.3) is 0 Å². The molecule has 1 saturated heterocycles. The molecule has 5 nitrogen and oxygen atoms in total. The SMILES string of the molecule is CCCCC1OC(OC)C(O)C(O)C1O. The summed E-state index contributed by atoms with van der Waals surface area (Å²) in [6, 6.07) is 0. The summed E-state index contributed by atoms with van der Waals surface area (Å²) in [5.74, 6) is 0. The summed E-state index contributed by atoms with van der Waals surface area (Å²) >= 11 is 0. The second kappa shape index (κ2) is 5.77. The zero-order valence-corrected chi connectivity index (χ0v) is 9.17. The molecule has 1 rings (SSSR count). The molecule has 0 saturated carbocycles. The van der Waals surface area contributed by atoms with Gasteiger partial charge in [-0.3, -0.25) is 0 Å². The highest BCUT2D eigenvalue weighted by Crippen LogP contribution is 2.24. The molecule has 0 aromatic rings. The molecule has 3 N–H and O–H groups in total. The van der Waals surface area contributed by atoms with Gasteiger partial charge in [-0.1, -0.05) is 19.8 Å². The standard InChI is InChI=1S/C10H20O5/c1-3-4-5-6-7(11)8(12)9(13)10(14-2)15-6/h6-13H,3-5H2,1-2H3. The Bertz CT molecular complexity index is 185. The van der Waals surface area contributed by atoms with E-state index in [1.807, 2.05) is 6.92 Å². The minimum atomic E-state index is -1.20. The number of rotatable bonds is 4. The van der Waals surface area contributed by atoms with Crippen molar-refractivity contribution in [1.82, 2.24) is 0 Å². The molecule has 0 aromatic heterocycles. The number of aliphatic hydroxyl groups is 3. The largest absolute Gasteiger partial charge is 0.388 e. The number of aliphatic hydroxyl groups excluding tert-OH is 3. The fourth-order valence-electron chi connectivity index (χ4n) is 1.76. The Kier molecular flexibility index (Phi) is 4.95.